The van der Waals surface area contributed by atoms with Gasteiger partial charge >= 0.3 is 11.8 Å². The lowest BCUT2D eigenvalue weighted by Crippen LogP contribution is -2.46. The first-order chi connectivity index (χ1) is 16.1. The van der Waals surface area contributed by atoms with Crippen LogP contribution in [-0.2, 0) is 30.3 Å². The number of benzene rings is 1. The molecule has 1 heterocycles. The Balaban J connectivity index is 1.79. The van der Waals surface area contributed by atoms with Gasteiger partial charge in [-0.2, -0.15) is 0 Å². The summed E-state index contributed by atoms with van der Waals surface area (Å²) in [7, 11) is 2.26. The Kier molecular flexibility index (Phi) is 7.29. The number of methoxy groups -OCH3 is 2. The molecule has 2 aliphatic rings. The number of likely N-dealkylation sites (tertiary alicyclic amines) is 1. The number of nitrogens with one attached hydrogen (secondary N) is 1. The highest BCUT2D eigenvalue weighted by molar-refractivity contribution is 6.41. The Hall–Kier alpha value is -3.82. The highest BCUT2D eigenvalue weighted by Gasteiger charge is 2.38. The maximum atomic E-state index is 15.4. The number of Topliss-reactive ketones (excluding diaryl/α,β-unsaturated/α-hetero) is 1. The van der Waals surface area contributed by atoms with E-state index in [2.05, 4.69) is 4.74 Å². The second-order valence-corrected chi connectivity index (χ2v) is 8.01. The van der Waals surface area contributed by atoms with Crippen molar-refractivity contribution in [3.8, 4) is 0 Å². The number of esters is 1. The Morgan fingerprint density at radius 2 is 1.74 bits per heavy atom. The van der Waals surface area contributed by atoms with Crippen molar-refractivity contribution in [3.05, 3.63) is 70.5 Å². The molecule has 8 nitrogen and oxygen atoms in total. The Bertz CT molecular complexity index is 1110. The fourth-order valence-corrected chi connectivity index (χ4v) is 3.85. The van der Waals surface area contributed by atoms with Gasteiger partial charge in [-0.1, -0.05) is 12.1 Å². The molecule has 0 radical (unpaired) electrons. The Morgan fingerprint density at radius 3 is 2.29 bits per heavy atom. The average Bonchev–Trinajstić information content (AvgIpc) is 2.83. The molecule has 3 rings (SSSR count). The molecule has 1 aromatic rings. The normalized spacial score (nSPS) is 19.1. The van der Waals surface area contributed by atoms with Crippen LogP contribution in [-0.4, -0.2) is 66.4 Å². The topological polar surface area (TPSA) is 117 Å². The van der Waals surface area contributed by atoms with Gasteiger partial charge in [-0.15, -0.1) is 0 Å². The van der Waals surface area contributed by atoms with Crippen molar-refractivity contribution in [2.45, 2.75) is 24.9 Å². The van der Waals surface area contributed by atoms with Crippen molar-refractivity contribution in [2.24, 2.45) is 0 Å². The molecule has 0 spiro atoms. The van der Waals surface area contributed by atoms with E-state index in [4.69, 9.17) is 10.1 Å². The van der Waals surface area contributed by atoms with Crippen LogP contribution in [0.2, 0.25) is 0 Å². The number of carbonyl (C=O) groups is 3. The second kappa shape index (κ2) is 9.98. The summed E-state index contributed by atoms with van der Waals surface area (Å²) in [5, 5.41) is 18.2. The van der Waals surface area contributed by atoms with Crippen LogP contribution in [0, 0.1) is 11.2 Å². The maximum Gasteiger partial charge on any atom is 0.382 e. The zero-order valence-corrected chi connectivity index (χ0v) is 18.7. The Morgan fingerprint density at radius 1 is 1.12 bits per heavy atom. The van der Waals surface area contributed by atoms with Crippen LogP contribution in [0.4, 0.5) is 8.78 Å². The number of ether oxygens (including phenoxy) is 2. The molecular formula is C24H24F2N2O6. The van der Waals surface area contributed by atoms with E-state index in [0.29, 0.717) is 5.56 Å². The van der Waals surface area contributed by atoms with Crippen LogP contribution >= 0.6 is 0 Å². The molecule has 1 amide bonds. The third kappa shape index (κ3) is 5.22. The summed E-state index contributed by atoms with van der Waals surface area (Å²) in [4.78, 5) is 38.0. The molecule has 0 bridgehead atoms. The number of nitrogens with zero attached hydrogens (tertiary/aromatic N) is 1. The number of hydrogen-bond acceptors (Lipinski definition) is 7. The maximum absolute atomic E-state index is 15.4. The summed E-state index contributed by atoms with van der Waals surface area (Å²) in [6, 6.07) is 5.60. The molecule has 1 aromatic carbocycles. The van der Waals surface area contributed by atoms with Crippen molar-refractivity contribution in [2.75, 3.05) is 27.3 Å². The Labute approximate surface area is 194 Å². The first kappa shape index (κ1) is 24.8. The van der Waals surface area contributed by atoms with E-state index in [0.717, 1.165) is 19.3 Å². The van der Waals surface area contributed by atoms with Crippen LogP contribution in [0.1, 0.15) is 18.4 Å². The van der Waals surface area contributed by atoms with Crippen LogP contribution in [0.5, 0.6) is 0 Å². The predicted octanol–water partition coefficient (Wildman–Crippen LogP) is 2.74. The average molecular weight is 474 g/mol. The number of amides is 1. The summed E-state index contributed by atoms with van der Waals surface area (Å²) >= 11 is 0. The van der Waals surface area contributed by atoms with Gasteiger partial charge in [-0.05, 0) is 36.6 Å². The first-order valence-corrected chi connectivity index (χ1v) is 10.4. The minimum absolute atomic E-state index is 0.0282. The summed E-state index contributed by atoms with van der Waals surface area (Å²) in [5.41, 5.74) is -1.64. The van der Waals surface area contributed by atoms with Crippen molar-refractivity contribution in [1.29, 1.82) is 5.41 Å². The third-order valence-corrected chi connectivity index (χ3v) is 5.79. The molecule has 0 aromatic heterocycles. The summed E-state index contributed by atoms with van der Waals surface area (Å²) in [6.07, 6.45) is 2.44. The summed E-state index contributed by atoms with van der Waals surface area (Å²) in [5.74, 6) is -4.63. The molecule has 1 aliphatic carbocycles. The van der Waals surface area contributed by atoms with E-state index in [1.165, 1.54) is 36.3 Å². The van der Waals surface area contributed by atoms with Crippen molar-refractivity contribution < 1.29 is 37.7 Å². The van der Waals surface area contributed by atoms with Crippen LogP contribution in [0.3, 0.4) is 0 Å². The lowest BCUT2D eigenvalue weighted by atomic mass is 9.86. The minimum atomic E-state index is -1.56. The number of carbonyl (C=O) groups excluding carboxylic acids is 3. The largest absolute Gasteiger partial charge is 0.503 e. The van der Waals surface area contributed by atoms with Gasteiger partial charge in [0.1, 0.15) is 17.2 Å². The quantitative estimate of drug-likeness (QED) is 0.283. The lowest BCUT2D eigenvalue weighted by molar-refractivity contribution is -0.150. The number of piperidine rings is 1. The number of alkyl halides is 1. The number of allylic oxidation sites excluding steroid dienone is 3. The highest BCUT2D eigenvalue weighted by Crippen LogP contribution is 2.32. The van der Waals surface area contributed by atoms with Gasteiger partial charge in [0.15, 0.2) is 5.76 Å². The van der Waals surface area contributed by atoms with Gasteiger partial charge < -0.3 is 19.5 Å². The number of ketones is 1. The number of hydrogen-bond donors (Lipinski definition) is 2. The van der Waals surface area contributed by atoms with Gasteiger partial charge in [0, 0.05) is 31.2 Å². The third-order valence-electron chi connectivity index (χ3n) is 5.79. The van der Waals surface area contributed by atoms with Crippen molar-refractivity contribution in [3.63, 3.8) is 0 Å². The molecule has 1 fully saturated rings. The first-order valence-electron chi connectivity index (χ1n) is 10.4. The molecule has 10 heteroatoms. The fraction of sp³-hybridized carbons (Fsp3) is 0.333. The smallest absolute Gasteiger partial charge is 0.382 e. The van der Waals surface area contributed by atoms with Crippen LogP contribution < -0.4 is 0 Å². The van der Waals surface area contributed by atoms with Crippen molar-refractivity contribution in [1.82, 2.24) is 4.90 Å². The van der Waals surface area contributed by atoms with E-state index in [-0.39, 0.29) is 55.0 Å². The monoisotopic (exact) mass is 474 g/mol. The van der Waals surface area contributed by atoms with E-state index in [1.807, 2.05) is 0 Å². The molecule has 0 saturated carbocycles. The van der Waals surface area contributed by atoms with Gasteiger partial charge in [-0.3, -0.25) is 15.0 Å². The minimum Gasteiger partial charge on any atom is -0.503 e. The number of aliphatic hydroxyl groups excluding tert-OH is 1. The van der Waals surface area contributed by atoms with Gasteiger partial charge in [-0.25, -0.2) is 13.6 Å². The molecular weight excluding hydrogens is 450 g/mol. The summed E-state index contributed by atoms with van der Waals surface area (Å²) < 4.78 is 38.0. The highest BCUT2D eigenvalue weighted by atomic mass is 19.1. The van der Waals surface area contributed by atoms with Gasteiger partial charge in [0.2, 0.25) is 0 Å². The molecule has 180 valence electrons. The zero-order valence-electron chi connectivity index (χ0n) is 18.7. The molecule has 1 aliphatic heterocycles. The van der Waals surface area contributed by atoms with E-state index in [1.54, 1.807) is 0 Å². The zero-order chi connectivity index (χ0) is 25.0. The number of rotatable bonds is 6. The molecule has 0 atom stereocenters. The number of halogens is 2. The molecule has 34 heavy (non-hydrogen) atoms. The van der Waals surface area contributed by atoms with E-state index < -0.39 is 34.9 Å². The van der Waals surface area contributed by atoms with Gasteiger partial charge in [0.25, 0.3) is 5.91 Å². The van der Waals surface area contributed by atoms with Gasteiger partial charge in [0.05, 0.1) is 25.5 Å². The lowest BCUT2D eigenvalue weighted by Gasteiger charge is -2.37. The van der Waals surface area contributed by atoms with Crippen LogP contribution in [0.15, 0.2) is 59.1 Å². The second-order valence-electron chi connectivity index (χ2n) is 8.01. The molecule has 1 saturated heterocycles. The predicted molar refractivity (Wildman–Crippen MR) is 117 cm³/mol. The summed E-state index contributed by atoms with van der Waals surface area (Å²) in [6.45, 7) is 0.183. The fourth-order valence-electron chi connectivity index (χ4n) is 3.85. The number of aliphatic hydroxyl groups is 1. The molecule has 0 unspecified atom stereocenters. The van der Waals surface area contributed by atoms with Crippen LogP contribution in [0.25, 0.3) is 0 Å². The SMILES string of the molecule is COC(=O)C(=O)/C(O)=C1\C=C(C(=O)N2CCC(F)(Cc3ccc(F)cc3)CC2)C(OC)=CC1=N. The molecule has 2 N–H and O–H groups in total. The van der Waals surface area contributed by atoms with Crippen molar-refractivity contribution >= 4 is 23.4 Å². The van der Waals surface area contributed by atoms with E-state index >= 15 is 4.39 Å². The standard InChI is InChI=1S/C24H24F2N2O6/c1-33-19-12-18(27)16(20(29)21(30)23(32)34-2)11-17(19)22(31)28-9-7-24(26,8-10-28)13-14-3-5-15(25)6-4-14/h3-6,11-12,27,29H,7-10,13H2,1-2H3/b20-16-,27-18?. The van der Waals surface area contributed by atoms with E-state index in [9.17, 15) is 23.9 Å².